The van der Waals surface area contributed by atoms with Gasteiger partial charge in [-0.15, -0.1) is 0 Å². The molecule has 1 amide bonds. The number of aliphatic hydroxyl groups is 1. The van der Waals surface area contributed by atoms with Crippen molar-refractivity contribution in [3.8, 4) is 0 Å². The highest BCUT2D eigenvalue weighted by Gasteiger charge is 2.34. The van der Waals surface area contributed by atoms with Gasteiger partial charge < -0.3 is 14.9 Å². The van der Waals surface area contributed by atoms with Crippen LogP contribution in [0.3, 0.4) is 0 Å². The Morgan fingerprint density at radius 2 is 1.68 bits per heavy atom. The molecule has 0 radical (unpaired) electrons. The van der Waals surface area contributed by atoms with E-state index in [4.69, 9.17) is 0 Å². The number of carbonyl (C=O) groups is 1. The molecule has 8 heteroatoms. The molecule has 1 saturated heterocycles. The number of hydrogen-bond donors (Lipinski definition) is 1. The molecule has 2 aliphatic heterocycles. The van der Waals surface area contributed by atoms with Crippen LogP contribution in [0, 0.1) is 6.92 Å². The van der Waals surface area contributed by atoms with E-state index in [-0.39, 0.29) is 11.5 Å². The molecule has 1 N–H and O–H groups in total. The fraction of sp³-hybridized carbons (Fsp3) is 0.346. The molecule has 5 nitrogen and oxygen atoms in total. The maximum atomic E-state index is 13.3. The lowest BCUT2D eigenvalue weighted by Gasteiger charge is -2.39. The van der Waals surface area contributed by atoms with Gasteiger partial charge in [-0.3, -0.25) is 9.69 Å². The van der Waals surface area contributed by atoms with Crippen molar-refractivity contribution in [2.24, 2.45) is 0 Å². The molecule has 34 heavy (non-hydrogen) atoms. The summed E-state index contributed by atoms with van der Waals surface area (Å²) < 4.78 is 39.8. The molecule has 3 aromatic rings. The van der Waals surface area contributed by atoms with Crippen LogP contribution in [0.5, 0.6) is 0 Å². The van der Waals surface area contributed by atoms with Gasteiger partial charge in [-0.25, -0.2) is 0 Å². The normalized spacial score (nSPS) is 19.2. The molecule has 1 atom stereocenters. The van der Waals surface area contributed by atoms with E-state index in [0.29, 0.717) is 50.5 Å². The highest BCUT2D eigenvalue weighted by molar-refractivity contribution is 6.10. The number of carbonyl (C=O) groups excluding carboxylic acids is 1. The number of anilines is 1. The van der Waals surface area contributed by atoms with E-state index < -0.39 is 18.0 Å². The molecule has 3 aromatic carbocycles. The second-order valence-electron chi connectivity index (χ2n) is 8.95. The fourth-order valence-corrected chi connectivity index (χ4v) is 5.01. The molecule has 2 aliphatic rings. The summed E-state index contributed by atoms with van der Waals surface area (Å²) in [5.74, 6) is -0.185. The zero-order chi connectivity index (χ0) is 24.0. The van der Waals surface area contributed by atoms with E-state index in [9.17, 15) is 23.1 Å². The smallest absolute Gasteiger partial charge is 0.369 e. The van der Waals surface area contributed by atoms with Crippen molar-refractivity contribution in [1.82, 2.24) is 9.80 Å². The van der Waals surface area contributed by atoms with Crippen LogP contribution in [0.15, 0.2) is 54.6 Å². The quantitative estimate of drug-likeness (QED) is 0.614. The van der Waals surface area contributed by atoms with E-state index in [1.165, 1.54) is 24.0 Å². The highest BCUT2D eigenvalue weighted by Crippen LogP contribution is 2.36. The van der Waals surface area contributed by atoms with Crippen LogP contribution < -0.4 is 4.90 Å². The molecule has 1 unspecified atom stereocenters. The average Bonchev–Trinajstić information content (AvgIpc) is 2.82. The zero-order valence-electron chi connectivity index (χ0n) is 18.8. The molecule has 0 aliphatic carbocycles. The number of piperazine rings is 1. The Labute approximate surface area is 196 Å². The lowest BCUT2D eigenvalue weighted by atomic mass is 9.93. The summed E-state index contributed by atoms with van der Waals surface area (Å²) in [4.78, 5) is 18.7. The summed E-state index contributed by atoms with van der Waals surface area (Å²) >= 11 is 0. The van der Waals surface area contributed by atoms with Crippen LogP contribution in [0.4, 0.5) is 18.9 Å². The summed E-state index contributed by atoms with van der Waals surface area (Å²) in [6.07, 6.45) is -5.37. The predicted molar refractivity (Wildman–Crippen MR) is 125 cm³/mol. The van der Waals surface area contributed by atoms with Gasteiger partial charge in [0, 0.05) is 61.5 Å². The van der Waals surface area contributed by atoms with E-state index in [1.54, 1.807) is 12.1 Å². The van der Waals surface area contributed by atoms with Gasteiger partial charge in [0.1, 0.15) is 0 Å². The Balaban J connectivity index is 1.23. The van der Waals surface area contributed by atoms with E-state index >= 15 is 0 Å². The van der Waals surface area contributed by atoms with Gasteiger partial charge in [0.25, 0.3) is 5.91 Å². The van der Waals surface area contributed by atoms with Crippen molar-refractivity contribution in [3.05, 3.63) is 76.9 Å². The van der Waals surface area contributed by atoms with Crippen LogP contribution in [0.1, 0.15) is 33.3 Å². The third kappa shape index (κ3) is 4.01. The van der Waals surface area contributed by atoms with Gasteiger partial charge in [0.15, 0.2) is 6.23 Å². The second-order valence-corrected chi connectivity index (χ2v) is 8.95. The Bertz CT molecular complexity index is 1230. The van der Waals surface area contributed by atoms with Gasteiger partial charge in [-0.2, -0.15) is 13.2 Å². The van der Waals surface area contributed by atoms with Crippen molar-refractivity contribution in [3.63, 3.8) is 0 Å². The number of amides is 1. The Kier molecular flexibility index (Phi) is 5.73. The third-order valence-corrected chi connectivity index (χ3v) is 6.92. The lowest BCUT2D eigenvalue weighted by Crippen LogP contribution is -2.50. The van der Waals surface area contributed by atoms with Crippen molar-refractivity contribution in [2.75, 3.05) is 44.2 Å². The van der Waals surface area contributed by atoms with Gasteiger partial charge in [-0.1, -0.05) is 36.4 Å². The molecular weight excluding hydrogens is 443 g/mol. The molecule has 178 valence electrons. The summed E-state index contributed by atoms with van der Waals surface area (Å²) in [6, 6.07) is 15.7. The fourth-order valence-electron chi connectivity index (χ4n) is 5.01. The third-order valence-electron chi connectivity index (χ3n) is 6.92. The highest BCUT2D eigenvalue weighted by atomic mass is 19.4. The second kappa shape index (κ2) is 8.60. The van der Waals surface area contributed by atoms with Crippen molar-refractivity contribution < 1.29 is 23.1 Å². The topological polar surface area (TPSA) is 47.0 Å². The van der Waals surface area contributed by atoms with Crippen LogP contribution >= 0.6 is 0 Å². The molecule has 0 spiro atoms. The number of alkyl halides is 3. The molecule has 2 heterocycles. The van der Waals surface area contributed by atoms with Gasteiger partial charge in [-0.05, 0) is 36.1 Å². The van der Waals surface area contributed by atoms with Crippen LogP contribution in [-0.2, 0) is 6.18 Å². The Hall–Kier alpha value is -3.10. The number of nitrogens with zero attached hydrogens (tertiary/aromatic N) is 3. The number of rotatable bonds is 4. The Morgan fingerprint density at radius 1 is 0.971 bits per heavy atom. The molecule has 0 saturated carbocycles. The van der Waals surface area contributed by atoms with Crippen LogP contribution in [0.2, 0.25) is 0 Å². The first kappa shape index (κ1) is 22.7. The van der Waals surface area contributed by atoms with E-state index in [1.807, 2.05) is 35.2 Å². The van der Waals surface area contributed by atoms with Gasteiger partial charge >= 0.3 is 6.18 Å². The van der Waals surface area contributed by atoms with Crippen LogP contribution in [0.25, 0.3) is 10.8 Å². The minimum Gasteiger partial charge on any atom is -0.369 e. The monoisotopic (exact) mass is 469 g/mol. The maximum Gasteiger partial charge on any atom is 0.416 e. The van der Waals surface area contributed by atoms with Gasteiger partial charge in [0.2, 0.25) is 0 Å². The number of halogens is 3. The summed E-state index contributed by atoms with van der Waals surface area (Å²) in [5.41, 5.74) is 1.53. The number of aliphatic hydroxyl groups excluding tert-OH is 1. The van der Waals surface area contributed by atoms with Crippen LogP contribution in [-0.4, -0.2) is 60.1 Å². The average molecular weight is 470 g/mol. The van der Waals surface area contributed by atoms with Crippen molar-refractivity contribution in [1.29, 1.82) is 0 Å². The van der Waals surface area contributed by atoms with Crippen molar-refractivity contribution >= 4 is 22.4 Å². The number of hydrogen-bond acceptors (Lipinski definition) is 4. The lowest BCUT2D eigenvalue weighted by molar-refractivity contribution is -0.138. The minimum atomic E-state index is -4.37. The molecular formula is C26H26F3N3O2. The number of aryl methyl sites for hydroxylation is 1. The standard InChI is InChI=1S/C26H26F3N3O2/c1-17-8-9-19(16-22(17)26(27,28)29)31-13-10-30(11-14-31)12-15-32-24(33)20-6-2-4-18-5-3-7-21(23(18)20)25(32)34/h2-9,16,24,33H,10-15H2,1H3. The van der Waals surface area contributed by atoms with E-state index in [0.717, 1.165) is 16.3 Å². The van der Waals surface area contributed by atoms with Crippen molar-refractivity contribution in [2.45, 2.75) is 19.3 Å². The largest absolute Gasteiger partial charge is 0.416 e. The van der Waals surface area contributed by atoms with Gasteiger partial charge in [0.05, 0.1) is 5.56 Å². The molecule has 1 fully saturated rings. The maximum absolute atomic E-state index is 13.3. The predicted octanol–water partition coefficient (Wildman–Crippen LogP) is 4.44. The summed E-state index contributed by atoms with van der Waals surface area (Å²) in [6.45, 7) is 4.95. The Morgan fingerprint density at radius 3 is 2.38 bits per heavy atom. The summed E-state index contributed by atoms with van der Waals surface area (Å²) in [7, 11) is 0. The molecule has 0 aromatic heterocycles. The zero-order valence-corrected chi connectivity index (χ0v) is 18.8. The summed E-state index contributed by atoms with van der Waals surface area (Å²) in [5, 5.41) is 12.7. The number of benzene rings is 3. The molecule has 0 bridgehead atoms. The molecule has 5 rings (SSSR count). The SMILES string of the molecule is Cc1ccc(N2CCN(CCN3C(=O)c4cccc5cccc(c45)C3O)CC2)cc1C(F)(F)F. The van der Waals surface area contributed by atoms with E-state index in [2.05, 4.69) is 4.90 Å². The first-order valence-corrected chi connectivity index (χ1v) is 11.4. The minimum absolute atomic E-state index is 0.185. The first-order valence-electron chi connectivity index (χ1n) is 11.4. The first-order chi connectivity index (χ1) is 16.2.